The van der Waals surface area contributed by atoms with E-state index in [9.17, 15) is 4.79 Å². The Morgan fingerprint density at radius 1 is 0.615 bits per heavy atom. The maximum atomic E-state index is 13.7. The van der Waals surface area contributed by atoms with Gasteiger partial charge in [-0.3, -0.25) is 4.79 Å². The number of hydrogen-bond donors (Lipinski definition) is 0. The van der Waals surface area contributed by atoms with Crippen molar-refractivity contribution >= 4 is 10.9 Å². The number of rotatable bonds is 17. The molecule has 0 saturated carbocycles. The molecular formula is C36H45NO2. The number of pyridine rings is 1. The summed E-state index contributed by atoms with van der Waals surface area (Å²) in [6.45, 7) is 3.51. The largest absolute Gasteiger partial charge is 0.483 e. The van der Waals surface area contributed by atoms with Crippen molar-refractivity contribution in [2.24, 2.45) is 0 Å². The van der Waals surface area contributed by atoms with Crippen molar-refractivity contribution in [3.8, 4) is 17.0 Å². The normalized spacial score (nSPS) is 11.2. The molecule has 0 spiro atoms. The molecule has 39 heavy (non-hydrogen) atoms. The van der Waals surface area contributed by atoms with E-state index in [1.807, 2.05) is 66.7 Å². The molecule has 0 aliphatic carbocycles. The minimum Gasteiger partial charge on any atom is -0.483 e. The highest BCUT2D eigenvalue weighted by Crippen LogP contribution is 2.32. The van der Waals surface area contributed by atoms with Crippen LogP contribution in [0.15, 0.2) is 89.7 Å². The average molecular weight is 524 g/mol. The van der Waals surface area contributed by atoms with E-state index < -0.39 is 0 Å². The number of unbranched alkanes of at least 4 members (excludes halogenated alkanes) is 11. The van der Waals surface area contributed by atoms with Crippen molar-refractivity contribution < 1.29 is 4.74 Å². The van der Waals surface area contributed by atoms with Gasteiger partial charge in [-0.15, -0.1) is 0 Å². The number of para-hydroxylation sites is 1. The highest BCUT2D eigenvalue weighted by atomic mass is 16.5. The van der Waals surface area contributed by atoms with Crippen LogP contribution in [0.3, 0.4) is 0 Å². The van der Waals surface area contributed by atoms with Crippen LogP contribution < -0.4 is 10.2 Å². The summed E-state index contributed by atoms with van der Waals surface area (Å²) < 4.78 is 8.66. The number of aryl methyl sites for hydroxylation is 1. The lowest BCUT2D eigenvalue weighted by molar-refractivity contribution is 0.302. The summed E-state index contributed by atoms with van der Waals surface area (Å²) >= 11 is 0. The van der Waals surface area contributed by atoms with Crippen LogP contribution in [0.5, 0.6) is 5.75 Å². The molecule has 0 unspecified atom stereocenters. The predicted octanol–water partition coefficient (Wildman–Crippen LogP) is 9.95. The second kappa shape index (κ2) is 15.9. The Labute approximate surface area is 234 Å². The van der Waals surface area contributed by atoms with Gasteiger partial charge in [0.25, 0.3) is 0 Å². The Kier molecular flexibility index (Phi) is 11.7. The van der Waals surface area contributed by atoms with Crippen LogP contribution in [-0.4, -0.2) is 4.57 Å². The fourth-order valence-electron chi connectivity index (χ4n) is 5.46. The van der Waals surface area contributed by atoms with Crippen molar-refractivity contribution in [3.63, 3.8) is 0 Å². The monoisotopic (exact) mass is 523 g/mol. The highest BCUT2D eigenvalue weighted by Gasteiger charge is 2.19. The van der Waals surface area contributed by atoms with E-state index in [1.54, 1.807) is 0 Å². The number of hydrogen-bond acceptors (Lipinski definition) is 2. The zero-order chi connectivity index (χ0) is 27.1. The van der Waals surface area contributed by atoms with Crippen LogP contribution in [0.4, 0.5) is 0 Å². The lowest BCUT2D eigenvalue weighted by atomic mass is 10.0. The molecule has 1 aromatic heterocycles. The fourth-order valence-corrected chi connectivity index (χ4v) is 5.46. The summed E-state index contributed by atoms with van der Waals surface area (Å²) in [5, 5.41) is 0.721. The van der Waals surface area contributed by atoms with Crippen LogP contribution in [0.1, 0.15) is 89.5 Å². The first-order valence-electron chi connectivity index (χ1n) is 15.2. The van der Waals surface area contributed by atoms with Gasteiger partial charge in [0, 0.05) is 17.5 Å². The summed E-state index contributed by atoms with van der Waals surface area (Å²) in [7, 11) is 0. The summed E-state index contributed by atoms with van der Waals surface area (Å²) in [6, 6.07) is 28.3. The van der Waals surface area contributed by atoms with Crippen molar-refractivity contribution in [3.05, 3.63) is 101 Å². The first-order valence-corrected chi connectivity index (χ1v) is 15.2. The SMILES string of the molecule is CCCCCCCCCCCCCCn1c(-c2ccccc2)c(OCc2ccccc2)c(=O)c2ccccc21. The number of fused-ring (bicyclic) bond motifs is 1. The third-order valence-electron chi connectivity index (χ3n) is 7.64. The molecule has 4 rings (SSSR count). The van der Waals surface area contributed by atoms with Crippen molar-refractivity contribution in [2.75, 3.05) is 0 Å². The molecule has 1 heterocycles. The zero-order valence-electron chi connectivity index (χ0n) is 23.7. The van der Waals surface area contributed by atoms with Gasteiger partial charge >= 0.3 is 0 Å². The van der Waals surface area contributed by atoms with Gasteiger partial charge in [-0.05, 0) is 24.1 Å². The van der Waals surface area contributed by atoms with Crippen molar-refractivity contribution in [1.82, 2.24) is 4.57 Å². The Bertz CT molecular complexity index is 1310. The Hall–Kier alpha value is -3.33. The molecule has 0 radical (unpaired) electrons. The lowest BCUT2D eigenvalue weighted by Gasteiger charge is -2.21. The fraction of sp³-hybridized carbons (Fsp3) is 0.417. The van der Waals surface area contributed by atoms with E-state index in [2.05, 4.69) is 29.7 Å². The van der Waals surface area contributed by atoms with Gasteiger partial charge in [0.15, 0.2) is 5.75 Å². The van der Waals surface area contributed by atoms with Crippen LogP contribution in [-0.2, 0) is 13.2 Å². The number of ether oxygens (including phenoxy) is 1. The molecule has 0 aliphatic heterocycles. The molecule has 0 N–H and O–H groups in total. The third-order valence-corrected chi connectivity index (χ3v) is 7.64. The van der Waals surface area contributed by atoms with Crippen molar-refractivity contribution in [1.29, 1.82) is 0 Å². The first kappa shape index (κ1) is 28.7. The van der Waals surface area contributed by atoms with E-state index in [0.717, 1.165) is 40.7 Å². The molecule has 0 amide bonds. The second-order valence-electron chi connectivity index (χ2n) is 10.7. The smallest absolute Gasteiger partial charge is 0.231 e. The summed E-state index contributed by atoms with van der Waals surface area (Å²) in [4.78, 5) is 13.7. The van der Waals surface area contributed by atoms with Crippen molar-refractivity contribution in [2.45, 2.75) is 97.1 Å². The topological polar surface area (TPSA) is 31.2 Å². The van der Waals surface area contributed by atoms with E-state index in [1.165, 1.54) is 70.6 Å². The van der Waals surface area contributed by atoms with E-state index >= 15 is 0 Å². The zero-order valence-corrected chi connectivity index (χ0v) is 23.7. The Balaban J connectivity index is 1.47. The highest BCUT2D eigenvalue weighted by molar-refractivity contribution is 5.86. The number of aromatic nitrogens is 1. The average Bonchev–Trinajstić information content (AvgIpc) is 2.99. The molecule has 0 atom stereocenters. The van der Waals surface area contributed by atoms with Gasteiger partial charge in [-0.1, -0.05) is 150 Å². The van der Waals surface area contributed by atoms with Crippen LogP contribution in [0.25, 0.3) is 22.2 Å². The lowest BCUT2D eigenvalue weighted by Crippen LogP contribution is -2.17. The van der Waals surface area contributed by atoms with Crippen LogP contribution >= 0.6 is 0 Å². The minimum atomic E-state index is -0.0358. The van der Waals surface area contributed by atoms with E-state index in [4.69, 9.17) is 4.74 Å². The maximum absolute atomic E-state index is 13.7. The third kappa shape index (κ3) is 8.33. The molecule has 3 aromatic carbocycles. The number of benzene rings is 3. The van der Waals surface area contributed by atoms with Crippen LogP contribution in [0.2, 0.25) is 0 Å². The molecule has 0 saturated heterocycles. The summed E-state index contributed by atoms with van der Waals surface area (Å²) in [5.74, 6) is 0.447. The summed E-state index contributed by atoms with van der Waals surface area (Å²) in [5.41, 5.74) is 3.90. The van der Waals surface area contributed by atoms with Gasteiger partial charge in [-0.25, -0.2) is 0 Å². The van der Waals surface area contributed by atoms with Gasteiger partial charge in [0.1, 0.15) is 6.61 Å². The quantitative estimate of drug-likeness (QED) is 0.129. The molecule has 0 bridgehead atoms. The molecule has 3 nitrogen and oxygen atoms in total. The Morgan fingerprint density at radius 2 is 1.15 bits per heavy atom. The molecule has 4 aromatic rings. The number of nitrogens with zero attached hydrogens (tertiary/aromatic N) is 1. The van der Waals surface area contributed by atoms with Gasteiger partial charge in [0.05, 0.1) is 11.2 Å². The maximum Gasteiger partial charge on any atom is 0.231 e. The predicted molar refractivity (Wildman–Crippen MR) is 165 cm³/mol. The van der Waals surface area contributed by atoms with Gasteiger partial charge < -0.3 is 9.30 Å². The molecule has 0 aliphatic rings. The second-order valence-corrected chi connectivity index (χ2v) is 10.7. The van der Waals surface area contributed by atoms with E-state index in [-0.39, 0.29) is 5.43 Å². The molecule has 0 fully saturated rings. The molecule has 3 heteroatoms. The van der Waals surface area contributed by atoms with Crippen LogP contribution in [0, 0.1) is 0 Å². The van der Waals surface area contributed by atoms with E-state index in [0.29, 0.717) is 12.4 Å². The molecular weight excluding hydrogens is 478 g/mol. The minimum absolute atomic E-state index is 0.0358. The first-order chi connectivity index (χ1) is 19.3. The van der Waals surface area contributed by atoms with Gasteiger partial charge in [-0.2, -0.15) is 0 Å². The summed E-state index contributed by atoms with van der Waals surface area (Å²) in [6.07, 6.45) is 15.9. The Morgan fingerprint density at radius 3 is 1.79 bits per heavy atom. The van der Waals surface area contributed by atoms with Gasteiger partial charge in [0.2, 0.25) is 5.43 Å². The molecule has 206 valence electrons. The standard InChI is InChI=1S/C36H45NO2/c1-2-3-4-5-6-7-8-9-10-11-12-21-28-37-33-27-20-19-26-32(33)35(38)36(34(37)31-24-17-14-18-25-31)39-29-30-22-15-13-16-23-30/h13-20,22-27H,2-12,21,28-29H2,1H3.